The van der Waals surface area contributed by atoms with Gasteiger partial charge in [-0.3, -0.25) is 4.90 Å². The summed E-state index contributed by atoms with van der Waals surface area (Å²) in [6.07, 6.45) is 5.90. The third-order valence-electron chi connectivity index (χ3n) is 6.01. The van der Waals surface area contributed by atoms with E-state index in [0.717, 1.165) is 75.6 Å². The summed E-state index contributed by atoms with van der Waals surface area (Å²) in [4.78, 5) is 13.5. The zero-order valence-electron chi connectivity index (χ0n) is 16.8. The van der Waals surface area contributed by atoms with Crippen molar-refractivity contribution in [3.8, 4) is 0 Å². The van der Waals surface area contributed by atoms with Gasteiger partial charge < -0.3 is 15.3 Å². The van der Waals surface area contributed by atoms with Crippen LogP contribution in [-0.4, -0.2) is 58.8 Å². The number of halogens is 1. The lowest BCUT2D eigenvalue weighted by atomic mass is 9.99. The molecular formula is C22H30FN5O. The summed E-state index contributed by atoms with van der Waals surface area (Å²) in [5.74, 6) is 1.96. The van der Waals surface area contributed by atoms with Crippen LogP contribution in [0.25, 0.3) is 0 Å². The van der Waals surface area contributed by atoms with Crippen molar-refractivity contribution >= 4 is 11.6 Å². The summed E-state index contributed by atoms with van der Waals surface area (Å²) >= 11 is 0. The number of hydrogen-bond donors (Lipinski definition) is 2. The highest BCUT2D eigenvalue weighted by atomic mass is 19.1. The Hall–Kier alpha value is -2.25. The number of aliphatic hydroxyl groups excluding tert-OH is 1. The van der Waals surface area contributed by atoms with Crippen molar-refractivity contribution in [1.82, 2.24) is 14.9 Å². The van der Waals surface area contributed by atoms with Crippen molar-refractivity contribution in [2.24, 2.45) is 5.92 Å². The maximum absolute atomic E-state index is 13.1. The first-order chi connectivity index (χ1) is 14.2. The van der Waals surface area contributed by atoms with Crippen molar-refractivity contribution in [1.29, 1.82) is 0 Å². The summed E-state index contributed by atoms with van der Waals surface area (Å²) in [6.45, 7) is 4.97. The Kier molecular flexibility index (Phi) is 6.56. The van der Waals surface area contributed by atoms with Gasteiger partial charge in [-0.2, -0.15) is 0 Å². The van der Waals surface area contributed by atoms with Gasteiger partial charge in [0.25, 0.3) is 0 Å². The molecule has 7 heteroatoms. The van der Waals surface area contributed by atoms with Crippen LogP contribution in [-0.2, 0) is 6.54 Å². The molecule has 2 aliphatic rings. The van der Waals surface area contributed by atoms with Crippen LogP contribution in [0.4, 0.5) is 16.0 Å². The van der Waals surface area contributed by atoms with E-state index in [0.29, 0.717) is 12.0 Å². The first-order valence-electron chi connectivity index (χ1n) is 10.6. The molecule has 2 saturated heterocycles. The molecule has 156 valence electrons. The number of piperidine rings is 2. The Morgan fingerprint density at radius 2 is 1.86 bits per heavy atom. The maximum atomic E-state index is 13.1. The van der Waals surface area contributed by atoms with E-state index < -0.39 is 0 Å². The fraction of sp³-hybridized carbons (Fsp3) is 0.545. The number of nitrogens with zero attached hydrogens (tertiary/aromatic N) is 4. The molecule has 0 radical (unpaired) electrons. The lowest BCUT2D eigenvalue weighted by Crippen LogP contribution is -2.39. The van der Waals surface area contributed by atoms with Crippen LogP contribution in [0.5, 0.6) is 0 Å². The molecule has 0 saturated carbocycles. The van der Waals surface area contributed by atoms with Crippen LogP contribution in [0, 0.1) is 11.7 Å². The standard InChI is InChI=1S/C22H30FN5O/c23-19-5-3-17(4-6-19)13-27-10-7-20(8-11-27)26-21-12-22(25-16-24-21)28-9-1-2-18(14-28)15-29/h3-6,12,16,18,20,29H,1-2,7-11,13-15H2,(H,24,25,26). The summed E-state index contributed by atoms with van der Waals surface area (Å²) in [7, 11) is 0. The van der Waals surface area contributed by atoms with Gasteiger partial charge in [0, 0.05) is 51.4 Å². The highest BCUT2D eigenvalue weighted by molar-refractivity contribution is 5.49. The summed E-state index contributed by atoms with van der Waals surface area (Å²) in [5, 5.41) is 13.0. The van der Waals surface area contributed by atoms with Gasteiger partial charge in [0.1, 0.15) is 23.8 Å². The van der Waals surface area contributed by atoms with Crippen molar-refractivity contribution < 1.29 is 9.50 Å². The number of likely N-dealkylation sites (tertiary alicyclic amines) is 1. The summed E-state index contributed by atoms with van der Waals surface area (Å²) in [5.41, 5.74) is 1.15. The van der Waals surface area contributed by atoms with Crippen LogP contribution in [0.3, 0.4) is 0 Å². The number of nitrogens with one attached hydrogen (secondary N) is 1. The molecule has 0 aliphatic carbocycles. The van der Waals surface area contributed by atoms with Gasteiger partial charge in [-0.05, 0) is 49.3 Å². The van der Waals surface area contributed by atoms with Gasteiger partial charge in [0.05, 0.1) is 0 Å². The molecule has 4 rings (SSSR count). The molecule has 29 heavy (non-hydrogen) atoms. The number of aliphatic hydroxyl groups is 1. The molecule has 0 amide bonds. The van der Waals surface area contributed by atoms with E-state index in [4.69, 9.17) is 0 Å². The monoisotopic (exact) mass is 399 g/mol. The zero-order valence-corrected chi connectivity index (χ0v) is 16.8. The Labute approximate surface area is 171 Å². The van der Waals surface area contributed by atoms with Gasteiger partial charge in [-0.25, -0.2) is 14.4 Å². The van der Waals surface area contributed by atoms with Crippen LogP contribution in [0.2, 0.25) is 0 Å². The van der Waals surface area contributed by atoms with E-state index in [1.807, 2.05) is 18.2 Å². The molecule has 6 nitrogen and oxygen atoms in total. The number of aromatic nitrogens is 2. The van der Waals surface area contributed by atoms with Crippen LogP contribution < -0.4 is 10.2 Å². The van der Waals surface area contributed by atoms with Gasteiger partial charge in [-0.15, -0.1) is 0 Å². The van der Waals surface area contributed by atoms with Crippen molar-refractivity contribution in [3.63, 3.8) is 0 Å². The number of rotatable bonds is 6. The largest absolute Gasteiger partial charge is 0.396 e. The van der Waals surface area contributed by atoms with Gasteiger partial charge in [0.2, 0.25) is 0 Å². The predicted molar refractivity (Wildman–Crippen MR) is 112 cm³/mol. The fourth-order valence-electron chi connectivity index (χ4n) is 4.31. The molecule has 2 aromatic rings. The summed E-state index contributed by atoms with van der Waals surface area (Å²) in [6, 6.07) is 9.22. The molecule has 3 heterocycles. The first kappa shape index (κ1) is 20.0. The van der Waals surface area contributed by atoms with E-state index in [2.05, 4.69) is 25.1 Å². The van der Waals surface area contributed by atoms with E-state index in [1.54, 1.807) is 6.33 Å². The van der Waals surface area contributed by atoms with Crippen molar-refractivity contribution in [2.45, 2.75) is 38.3 Å². The molecule has 1 aromatic heterocycles. The molecule has 1 unspecified atom stereocenters. The first-order valence-corrected chi connectivity index (χ1v) is 10.6. The minimum absolute atomic E-state index is 0.183. The van der Waals surface area contributed by atoms with Gasteiger partial charge in [-0.1, -0.05) is 12.1 Å². The third kappa shape index (κ3) is 5.42. The second-order valence-electron chi connectivity index (χ2n) is 8.22. The fourth-order valence-corrected chi connectivity index (χ4v) is 4.31. The van der Waals surface area contributed by atoms with Crippen LogP contribution in [0.1, 0.15) is 31.2 Å². The molecule has 2 fully saturated rings. The van der Waals surface area contributed by atoms with Crippen LogP contribution >= 0.6 is 0 Å². The zero-order chi connectivity index (χ0) is 20.1. The minimum atomic E-state index is -0.183. The third-order valence-corrected chi connectivity index (χ3v) is 6.01. The smallest absolute Gasteiger partial charge is 0.134 e. The van der Waals surface area contributed by atoms with Crippen molar-refractivity contribution in [3.05, 3.63) is 48.0 Å². The normalized spacial score (nSPS) is 21.3. The van der Waals surface area contributed by atoms with Crippen LogP contribution in [0.15, 0.2) is 36.7 Å². The predicted octanol–water partition coefficient (Wildman–Crippen LogP) is 2.90. The number of hydrogen-bond acceptors (Lipinski definition) is 6. The SMILES string of the molecule is OCC1CCCN(c2cc(NC3CCN(Cc4ccc(F)cc4)CC3)ncn2)C1. The molecule has 2 aliphatic heterocycles. The molecule has 0 spiro atoms. The summed E-state index contributed by atoms with van der Waals surface area (Å²) < 4.78 is 13.1. The quantitative estimate of drug-likeness (QED) is 0.779. The lowest BCUT2D eigenvalue weighted by Gasteiger charge is -2.34. The molecule has 1 atom stereocenters. The Morgan fingerprint density at radius 3 is 2.62 bits per heavy atom. The van der Waals surface area contributed by atoms with E-state index in [1.165, 1.54) is 12.1 Å². The number of anilines is 2. The number of benzene rings is 1. The molecule has 1 aromatic carbocycles. The second kappa shape index (κ2) is 9.50. The molecule has 2 N–H and O–H groups in total. The minimum Gasteiger partial charge on any atom is -0.396 e. The Morgan fingerprint density at radius 1 is 1.07 bits per heavy atom. The lowest BCUT2D eigenvalue weighted by molar-refractivity contribution is 0.208. The molecule has 0 bridgehead atoms. The van der Waals surface area contributed by atoms with E-state index in [-0.39, 0.29) is 12.4 Å². The Bertz CT molecular complexity index is 779. The van der Waals surface area contributed by atoms with E-state index in [9.17, 15) is 9.50 Å². The van der Waals surface area contributed by atoms with Gasteiger partial charge in [0.15, 0.2) is 0 Å². The average Bonchev–Trinajstić information content (AvgIpc) is 2.77. The highest BCUT2D eigenvalue weighted by Gasteiger charge is 2.22. The second-order valence-corrected chi connectivity index (χ2v) is 8.22. The highest BCUT2D eigenvalue weighted by Crippen LogP contribution is 2.24. The van der Waals surface area contributed by atoms with Crippen molar-refractivity contribution in [2.75, 3.05) is 43.0 Å². The molecular weight excluding hydrogens is 369 g/mol. The topological polar surface area (TPSA) is 64.5 Å². The maximum Gasteiger partial charge on any atom is 0.134 e. The Balaban J connectivity index is 1.28. The van der Waals surface area contributed by atoms with Gasteiger partial charge >= 0.3 is 0 Å². The average molecular weight is 400 g/mol. The van der Waals surface area contributed by atoms with E-state index >= 15 is 0 Å².